The van der Waals surface area contributed by atoms with E-state index in [0.717, 1.165) is 42.4 Å². The number of carbonyl (C=O) groups excluding carboxylic acids is 2. The smallest absolute Gasteiger partial charge is 0.408 e. The van der Waals surface area contributed by atoms with Crippen molar-refractivity contribution in [2.45, 2.75) is 71.9 Å². The van der Waals surface area contributed by atoms with Gasteiger partial charge in [0.15, 0.2) is 0 Å². The summed E-state index contributed by atoms with van der Waals surface area (Å²) in [6, 6.07) is 13.4. The molecule has 1 amide bonds. The van der Waals surface area contributed by atoms with E-state index in [1.165, 1.54) is 6.07 Å². The maximum Gasteiger partial charge on any atom is 0.408 e. The number of amides is 1. The monoisotopic (exact) mass is 479 g/mol. The highest BCUT2D eigenvalue weighted by atomic mass is 16.6. The van der Waals surface area contributed by atoms with Gasteiger partial charge in [-0.05, 0) is 55.0 Å². The van der Waals surface area contributed by atoms with Crippen molar-refractivity contribution in [2.24, 2.45) is 0 Å². The second-order valence-electron chi connectivity index (χ2n) is 8.65. The molecular weight excluding hydrogens is 446 g/mol. The molecule has 3 aromatic rings. The molecule has 1 heterocycles. The average Bonchev–Trinajstić information content (AvgIpc) is 2.83. The van der Waals surface area contributed by atoms with Gasteiger partial charge >= 0.3 is 17.7 Å². The van der Waals surface area contributed by atoms with Crippen LogP contribution in [0.3, 0.4) is 0 Å². The Morgan fingerprint density at radius 2 is 1.77 bits per heavy atom. The summed E-state index contributed by atoms with van der Waals surface area (Å²) in [5.41, 5.74) is 2.36. The van der Waals surface area contributed by atoms with Crippen LogP contribution in [0.25, 0.3) is 11.0 Å². The molecule has 1 atom stereocenters. The van der Waals surface area contributed by atoms with Gasteiger partial charge in [-0.1, -0.05) is 63.4 Å². The van der Waals surface area contributed by atoms with Crippen molar-refractivity contribution in [3.05, 3.63) is 75.6 Å². The highest BCUT2D eigenvalue weighted by Gasteiger charge is 2.25. The zero-order chi connectivity index (χ0) is 25.2. The summed E-state index contributed by atoms with van der Waals surface area (Å²) in [6.07, 6.45) is 3.81. The van der Waals surface area contributed by atoms with Gasteiger partial charge in [-0.15, -0.1) is 0 Å². The lowest BCUT2D eigenvalue weighted by Gasteiger charge is -2.18. The van der Waals surface area contributed by atoms with Crippen LogP contribution in [-0.4, -0.2) is 18.1 Å². The fourth-order valence-electron chi connectivity index (χ4n) is 3.86. The first-order valence-corrected chi connectivity index (χ1v) is 12.2. The van der Waals surface area contributed by atoms with E-state index in [4.69, 9.17) is 13.9 Å². The molecule has 1 unspecified atom stereocenters. The lowest BCUT2D eigenvalue weighted by Crippen LogP contribution is -2.43. The molecule has 0 radical (unpaired) electrons. The second-order valence-corrected chi connectivity index (χ2v) is 8.65. The van der Waals surface area contributed by atoms with Gasteiger partial charge < -0.3 is 19.2 Å². The van der Waals surface area contributed by atoms with Gasteiger partial charge in [-0.25, -0.2) is 14.4 Å². The van der Waals surface area contributed by atoms with Gasteiger partial charge in [-0.2, -0.15) is 0 Å². The lowest BCUT2D eigenvalue weighted by atomic mass is 10.0. The van der Waals surface area contributed by atoms with Gasteiger partial charge in [0.1, 0.15) is 24.0 Å². The Kier molecular flexibility index (Phi) is 9.47. The van der Waals surface area contributed by atoms with Gasteiger partial charge in [0, 0.05) is 6.07 Å². The van der Waals surface area contributed by atoms with Gasteiger partial charge in [0.2, 0.25) is 0 Å². The normalized spacial score (nSPS) is 11.7. The number of ether oxygens (including phenoxy) is 2. The van der Waals surface area contributed by atoms with Crippen LogP contribution < -0.4 is 15.7 Å². The Hall–Kier alpha value is -3.61. The summed E-state index contributed by atoms with van der Waals surface area (Å²) in [4.78, 5) is 37.7. The summed E-state index contributed by atoms with van der Waals surface area (Å²) in [5.74, 6) is -0.268. The number of alkyl carbamates (subject to hydrolysis) is 1. The molecule has 0 bridgehead atoms. The SMILES string of the molecule is CCCCc1cc(=O)oc2cc(C)cc(OC(=O)C(CCCC)NC(=O)OCc3ccccc3)c12. The van der Waals surface area contributed by atoms with Crippen LogP contribution >= 0.6 is 0 Å². The Morgan fingerprint density at radius 3 is 2.49 bits per heavy atom. The van der Waals surface area contributed by atoms with Gasteiger partial charge in [0.25, 0.3) is 0 Å². The predicted molar refractivity (Wildman–Crippen MR) is 135 cm³/mol. The van der Waals surface area contributed by atoms with Crippen LogP contribution in [0.1, 0.15) is 62.6 Å². The summed E-state index contributed by atoms with van der Waals surface area (Å²) < 4.78 is 16.5. The highest BCUT2D eigenvalue weighted by Crippen LogP contribution is 2.31. The van der Waals surface area contributed by atoms with E-state index in [1.54, 1.807) is 12.1 Å². The second kappa shape index (κ2) is 12.7. The van der Waals surface area contributed by atoms with E-state index in [9.17, 15) is 14.4 Å². The molecule has 2 aromatic carbocycles. The van der Waals surface area contributed by atoms with Crippen molar-refractivity contribution >= 4 is 23.0 Å². The van der Waals surface area contributed by atoms with Crippen molar-refractivity contribution in [3.8, 4) is 5.75 Å². The quantitative estimate of drug-likeness (QED) is 0.211. The van der Waals surface area contributed by atoms with Crippen molar-refractivity contribution in [2.75, 3.05) is 0 Å². The maximum atomic E-state index is 13.2. The van der Waals surface area contributed by atoms with E-state index in [0.29, 0.717) is 29.6 Å². The molecule has 7 heteroatoms. The van der Waals surface area contributed by atoms with Crippen LogP contribution in [0.5, 0.6) is 5.75 Å². The Morgan fingerprint density at radius 1 is 1.03 bits per heavy atom. The lowest BCUT2D eigenvalue weighted by molar-refractivity contribution is -0.136. The molecule has 0 spiro atoms. The van der Waals surface area contributed by atoms with Crippen molar-refractivity contribution in [1.29, 1.82) is 0 Å². The first-order chi connectivity index (χ1) is 16.9. The number of nitrogens with one attached hydrogen (secondary N) is 1. The Balaban J connectivity index is 1.81. The molecule has 1 aromatic heterocycles. The van der Waals surface area contributed by atoms with Gasteiger partial charge in [0.05, 0.1) is 5.39 Å². The van der Waals surface area contributed by atoms with Crippen molar-refractivity contribution < 1.29 is 23.5 Å². The molecule has 7 nitrogen and oxygen atoms in total. The number of rotatable bonds is 11. The zero-order valence-corrected chi connectivity index (χ0v) is 20.6. The molecule has 35 heavy (non-hydrogen) atoms. The highest BCUT2D eigenvalue weighted by molar-refractivity contribution is 5.91. The molecule has 0 fully saturated rings. The number of hydrogen-bond acceptors (Lipinski definition) is 6. The number of fused-ring (bicyclic) bond motifs is 1. The summed E-state index contributed by atoms with van der Waals surface area (Å²) in [5, 5.41) is 3.26. The van der Waals surface area contributed by atoms with Crippen molar-refractivity contribution in [3.63, 3.8) is 0 Å². The molecule has 1 N–H and O–H groups in total. The summed E-state index contributed by atoms with van der Waals surface area (Å²) >= 11 is 0. The van der Waals surface area contributed by atoms with Gasteiger partial charge in [-0.3, -0.25) is 0 Å². The predicted octanol–water partition coefficient (Wildman–Crippen LogP) is 5.83. The fourth-order valence-corrected chi connectivity index (χ4v) is 3.86. The molecule has 3 rings (SSSR count). The number of unbranched alkanes of at least 4 members (excludes halogenated alkanes) is 2. The average molecular weight is 480 g/mol. The third kappa shape index (κ3) is 7.44. The summed E-state index contributed by atoms with van der Waals surface area (Å²) in [6.45, 7) is 6.01. The third-order valence-electron chi connectivity index (χ3n) is 5.68. The van der Waals surface area contributed by atoms with Crippen LogP contribution in [0.4, 0.5) is 4.79 Å². The van der Waals surface area contributed by atoms with E-state index >= 15 is 0 Å². The largest absolute Gasteiger partial charge is 0.445 e. The number of hydrogen-bond donors (Lipinski definition) is 1. The number of aryl methyl sites for hydroxylation is 2. The maximum absolute atomic E-state index is 13.2. The van der Waals surface area contributed by atoms with E-state index in [1.807, 2.05) is 44.2 Å². The number of benzene rings is 2. The first-order valence-electron chi connectivity index (χ1n) is 12.2. The van der Waals surface area contributed by atoms with Crippen molar-refractivity contribution in [1.82, 2.24) is 5.32 Å². The van der Waals surface area contributed by atoms with E-state index < -0.39 is 23.7 Å². The van der Waals surface area contributed by atoms with E-state index in [-0.39, 0.29) is 6.61 Å². The number of esters is 1. The fraction of sp³-hybridized carbons (Fsp3) is 0.393. The molecule has 0 aliphatic rings. The number of carbonyl (C=O) groups is 2. The molecule has 0 saturated carbocycles. The van der Waals surface area contributed by atoms with E-state index in [2.05, 4.69) is 12.2 Å². The molecule has 0 aliphatic carbocycles. The van der Waals surface area contributed by atoms with Crippen LogP contribution in [0.2, 0.25) is 0 Å². The molecule has 186 valence electrons. The standard InChI is InChI=1S/C28H33NO6/c1-4-6-13-21-17-25(30)34-23-15-19(3)16-24(26(21)23)35-27(31)22(14-7-5-2)29-28(32)33-18-20-11-9-8-10-12-20/h8-12,15-17,22H,4-7,13-14,18H2,1-3H3,(H,29,32). The third-order valence-corrected chi connectivity index (χ3v) is 5.68. The Bertz CT molecular complexity index is 1200. The van der Waals surface area contributed by atoms with Crippen LogP contribution in [0, 0.1) is 6.92 Å². The molecular formula is C28H33NO6. The minimum absolute atomic E-state index is 0.102. The summed E-state index contributed by atoms with van der Waals surface area (Å²) in [7, 11) is 0. The zero-order valence-electron chi connectivity index (χ0n) is 20.6. The van der Waals surface area contributed by atoms with Crippen LogP contribution in [0.15, 0.2) is 57.7 Å². The minimum Gasteiger partial charge on any atom is -0.445 e. The molecule has 0 saturated heterocycles. The first kappa shape index (κ1) is 26.0. The van der Waals surface area contributed by atoms with Crippen LogP contribution in [-0.2, 0) is 22.6 Å². The molecule has 0 aliphatic heterocycles. The minimum atomic E-state index is -0.872. The Labute approximate surface area is 205 Å². The topological polar surface area (TPSA) is 94.8 Å².